The second-order valence-corrected chi connectivity index (χ2v) is 6.77. The van der Waals surface area contributed by atoms with E-state index >= 15 is 0 Å². The fraction of sp³-hybridized carbons (Fsp3) is 0.400. The third kappa shape index (κ3) is 4.23. The molecule has 2 aromatic carbocycles. The Balaban J connectivity index is 1.62. The highest BCUT2D eigenvalue weighted by molar-refractivity contribution is 6.33. The highest BCUT2D eigenvalue weighted by atomic mass is 35.5. The number of benzene rings is 2. The van der Waals surface area contributed by atoms with Crippen LogP contribution in [0.1, 0.15) is 11.7 Å². The first-order valence-corrected chi connectivity index (χ1v) is 9.12. The SMILES string of the molecule is COc1ccc(OC)c(C(O)CN2CCN(c3ccccc3Cl)CC2)c1. The quantitative estimate of drug-likeness (QED) is 0.838. The maximum Gasteiger partial charge on any atom is 0.124 e. The molecule has 0 amide bonds. The average molecular weight is 377 g/mol. The van der Waals surface area contributed by atoms with Crippen LogP contribution in [0.3, 0.4) is 0 Å². The van der Waals surface area contributed by atoms with Crippen LogP contribution in [-0.4, -0.2) is 56.9 Å². The van der Waals surface area contributed by atoms with Crippen LogP contribution in [-0.2, 0) is 0 Å². The zero-order valence-electron chi connectivity index (χ0n) is 15.2. The largest absolute Gasteiger partial charge is 0.497 e. The normalized spacial score (nSPS) is 16.4. The molecular weight excluding hydrogens is 352 g/mol. The van der Waals surface area contributed by atoms with E-state index in [-0.39, 0.29) is 0 Å². The van der Waals surface area contributed by atoms with Gasteiger partial charge in [-0.05, 0) is 30.3 Å². The number of halogens is 1. The van der Waals surface area contributed by atoms with Gasteiger partial charge in [0.05, 0.1) is 31.0 Å². The minimum Gasteiger partial charge on any atom is -0.497 e. The molecule has 1 aliphatic rings. The summed E-state index contributed by atoms with van der Waals surface area (Å²) >= 11 is 6.30. The molecule has 1 aliphatic heterocycles. The third-order valence-corrected chi connectivity index (χ3v) is 5.11. The van der Waals surface area contributed by atoms with E-state index in [1.54, 1.807) is 14.2 Å². The van der Waals surface area contributed by atoms with E-state index in [9.17, 15) is 5.11 Å². The Morgan fingerprint density at radius 1 is 1.04 bits per heavy atom. The van der Waals surface area contributed by atoms with Gasteiger partial charge in [0.25, 0.3) is 0 Å². The maximum atomic E-state index is 10.7. The van der Waals surface area contributed by atoms with Gasteiger partial charge < -0.3 is 19.5 Å². The zero-order valence-corrected chi connectivity index (χ0v) is 15.9. The number of rotatable bonds is 6. The Morgan fingerprint density at radius 2 is 1.77 bits per heavy atom. The number of hydrogen-bond acceptors (Lipinski definition) is 5. The Bertz CT molecular complexity index is 733. The van der Waals surface area contributed by atoms with Crippen molar-refractivity contribution >= 4 is 17.3 Å². The molecule has 2 aromatic rings. The molecule has 6 heteroatoms. The minimum atomic E-state index is -0.632. The highest BCUT2D eigenvalue weighted by Gasteiger charge is 2.23. The molecule has 26 heavy (non-hydrogen) atoms. The van der Waals surface area contributed by atoms with E-state index in [0.717, 1.165) is 42.5 Å². The second kappa shape index (κ2) is 8.62. The third-order valence-electron chi connectivity index (χ3n) is 4.79. The summed E-state index contributed by atoms with van der Waals surface area (Å²) in [7, 11) is 3.23. The van der Waals surface area contributed by atoms with Crippen molar-refractivity contribution in [1.82, 2.24) is 4.90 Å². The van der Waals surface area contributed by atoms with Crippen LogP contribution in [0.25, 0.3) is 0 Å². The van der Waals surface area contributed by atoms with Crippen molar-refractivity contribution < 1.29 is 14.6 Å². The molecule has 0 spiro atoms. The molecule has 140 valence electrons. The summed E-state index contributed by atoms with van der Waals surface area (Å²) in [5.41, 5.74) is 1.82. The number of para-hydroxylation sites is 1. The summed E-state index contributed by atoms with van der Waals surface area (Å²) in [5, 5.41) is 11.5. The van der Waals surface area contributed by atoms with Gasteiger partial charge in [0, 0.05) is 38.3 Å². The lowest BCUT2D eigenvalue weighted by molar-refractivity contribution is 0.107. The van der Waals surface area contributed by atoms with Crippen molar-refractivity contribution in [3.63, 3.8) is 0 Å². The number of anilines is 1. The molecule has 1 saturated heterocycles. The van der Waals surface area contributed by atoms with Crippen LogP contribution in [0.15, 0.2) is 42.5 Å². The molecule has 1 heterocycles. The first-order valence-electron chi connectivity index (χ1n) is 8.74. The molecular formula is C20H25ClN2O3. The molecule has 0 bridgehead atoms. The summed E-state index contributed by atoms with van der Waals surface area (Å²) in [6.45, 7) is 4.06. The molecule has 0 saturated carbocycles. The van der Waals surface area contributed by atoms with Crippen LogP contribution in [0.2, 0.25) is 5.02 Å². The van der Waals surface area contributed by atoms with Crippen molar-refractivity contribution in [3.8, 4) is 11.5 Å². The van der Waals surface area contributed by atoms with E-state index < -0.39 is 6.10 Å². The predicted octanol–water partition coefficient (Wildman–Crippen LogP) is 3.21. The van der Waals surface area contributed by atoms with E-state index in [1.807, 2.05) is 42.5 Å². The average Bonchev–Trinajstić information content (AvgIpc) is 2.68. The van der Waals surface area contributed by atoms with Gasteiger partial charge in [-0.25, -0.2) is 0 Å². The van der Waals surface area contributed by atoms with Gasteiger partial charge >= 0.3 is 0 Å². The number of ether oxygens (including phenoxy) is 2. The Kier molecular flexibility index (Phi) is 6.25. The van der Waals surface area contributed by atoms with E-state index in [4.69, 9.17) is 21.1 Å². The van der Waals surface area contributed by atoms with E-state index in [0.29, 0.717) is 18.0 Å². The molecule has 5 nitrogen and oxygen atoms in total. The highest BCUT2D eigenvalue weighted by Crippen LogP contribution is 2.31. The molecule has 0 aromatic heterocycles. The van der Waals surface area contributed by atoms with Gasteiger partial charge in [0.1, 0.15) is 11.5 Å². The molecule has 0 aliphatic carbocycles. The van der Waals surface area contributed by atoms with Gasteiger partial charge in [-0.15, -0.1) is 0 Å². The van der Waals surface area contributed by atoms with Gasteiger partial charge in [0.2, 0.25) is 0 Å². The predicted molar refractivity (Wildman–Crippen MR) is 105 cm³/mol. The second-order valence-electron chi connectivity index (χ2n) is 6.36. The maximum absolute atomic E-state index is 10.7. The van der Waals surface area contributed by atoms with Crippen LogP contribution >= 0.6 is 11.6 Å². The first-order chi connectivity index (χ1) is 12.6. The van der Waals surface area contributed by atoms with Gasteiger partial charge in [-0.1, -0.05) is 23.7 Å². The van der Waals surface area contributed by atoms with Crippen molar-refractivity contribution in [3.05, 3.63) is 53.1 Å². The summed E-state index contributed by atoms with van der Waals surface area (Å²) in [6, 6.07) is 13.4. The lowest BCUT2D eigenvalue weighted by Gasteiger charge is -2.37. The van der Waals surface area contributed by atoms with Crippen molar-refractivity contribution in [2.24, 2.45) is 0 Å². The standard InChI is InChI=1S/C20H25ClN2O3/c1-25-15-7-8-20(26-2)16(13-15)19(24)14-22-9-11-23(12-10-22)18-6-4-3-5-17(18)21/h3-8,13,19,24H,9-12,14H2,1-2H3. The fourth-order valence-corrected chi connectivity index (χ4v) is 3.58. The van der Waals surface area contributed by atoms with Crippen molar-refractivity contribution in [2.45, 2.75) is 6.10 Å². The molecule has 0 radical (unpaired) electrons. The minimum absolute atomic E-state index is 0.555. The van der Waals surface area contributed by atoms with Gasteiger partial charge in [-0.2, -0.15) is 0 Å². The molecule has 1 N–H and O–H groups in total. The number of β-amino-alcohol motifs (C(OH)–C–C–N with tert-alkyl or cyclic N) is 1. The number of aliphatic hydroxyl groups is 1. The van der Waals surface area contributed by atoms with Crippen molar-refractivity contribution in [1.29, 1.82) is 0 Å². The molecule has 1 unspecified atom stereocenters. The number of hydrogen-bond donors (Lipinski definition) is 1. The molecule has 1 atom stereocenters. The van der Waals surface area contributed by atoms with E-state index in [2.05, 4.69) is 9.80 Å². The first kappa shape index (κ1) is 18.8. The summed E-state index contributed by atoms with van der Waals surface area (Å²) < 4.78 is 10.7. The summed E-state index contributed by atoms with van der Waals surface area (Å²) in [6.07, 6.45) is -0.632. The zero-order chi connectivity index (χ0) is 18.5. The Hall–Kier alpha value is -1.95. The lowest BCUT2D eigenvalue weighted by atomic mass is 10.1. The summed E-state index contributed by atoms with van der Waals surface area (Å²) in [5.74, 6) is 1.39. The lowest BCUT2D eigenvalue weighted by Crippen LogP contribution is -2.47. The fourth-order valence-electron chi connectivity index (χ4n) is 3.32. The number of methoxy groups -OCH3 is 2. The topological polar surface area (TPSA) is 45.2 Å². The smallest absolute Gasteiger partial charge is 0.124 e. The summed E-state index contributed by atoms with van der Waals surface area (Å²) in [4.78, 5) is 4.55. The van der Waals surface area contributed by atoms with Crippen LogP contribution in [0.4, 0.5) is 5.69 Å². The van der Waals surface area contributed by atoms with Crippen LogP contribution in [0.5, 0.6) is 11.5 Å². The monoisotopic (exact) mass is 376 g/mol. The van der Waals surface area contributed by atoms with Gasteiger partial charge in [0.15, 0.2) is 0 Å². The Morgan fingerprint density at radius 3 is 2.42 bits per heavy atom. The number of piperazine rings is 1. The van der Waals surface area contributed by atoms with E-state index in [1.165, 1.54) is 0 Å². The number of nitrogens with zero attached hydrogens (tertiary/aromatic N) is 2. The van der Waals surface area contributed by atoms with Crippen LogP contribution in [0, 0.1) is 0 Å². The number of aliphatic hydroxyl groups excluding tert-OH is 1. The van der Waals surface area contributed by atoms with Gasteiger partial charge in [-0.3, -0.25) is 4.90 Å². The Labute approximate surface area is 159 Å². The van der Waals surface area contributed by atoms with Crippen LogP contribution < -0.4 is 14.4 Å². The molecule has 1 fully saturated rings. The molecule has 3 rings (SSSR count). The van der Waals surface area contributed by atoms with Crippen molar-refractivity contribution in [2.75, 3.05) is 51.8 Å².